The molecule has 0 aliphatic rings. The van der Waals surface area contributed by atoms with Crippen LogP contribution in [0.4, 0.5) is 0 Å². The molecule has 3 aromatic rings. The van der Waals surface area contributed by atoms with Gasteiger partial charge in [-0.25, -0.2) is 9.50 Å². The molecule has 0 bridgehead atoms. The van der Waals surface area contributed by atoms with E-state index in [2.05, 4.69) is 15.1 Å². The summed E-state index contributed by atoms with van der Waals surface area (Å²) in [5, 5.41) is 13.9. The fourth-order valence-corrected chi connectivity index (χ4v) is 1.92. The Morgan fingerprint density at radius 3 is 2.84 bits per heavy atom. The number of nitrogens with zero attached hydrogens (tertiary/aromatic N) is 4. The topological polar surface area (TPSA) is 72.5 Å². The third-order valence-electron chi connectivity index (χ3n) is 2.75. The highest BCUT2D eigenvalue weighted by atomic mass is 16.5. The lowest BCUT2D eigenvalue weighted by atomic mass is 10.2. The molecule has 0 aliphatic carbocycles. The number of fused-ring (bicyclic) bond motifs is 1. The Kier molecular flexibility index (Phi) is 2.56. The molecule has 0 fully saturated rings. The molecule has 3 heterocycles. The summed E-state index contributed by atoms with van der Waals surface area (Å²) in [5.74, 6) is 0.724. The molecule has 0 aliphatic heterocycles. The number of aryl methyl sites for hydroxylation is 1. The summed E-state index contributed by atoms with van der Waals surface area (Å²) in [5.41, 5.74) is 2.89. The number of hydrogen-bond donors (Lipinski definition) is 1. The van der Waals surface area contributed by atoms with E-state index in [1.807, 2.05) is 13.1 Å². The predicted octanol–water partition coefficient (Wildman–Crippen LogP) is 1.81. The molecule has 0 atom stereocenters. The number of methoxy groups -OCH3 is 1. The Hall–Kier alpha value is -2.63. The monoisotopic (exact) mass is 256 g/mol. The van der Waals surface area contributed by atoms with Crippen molar-refractivity contribution >= 4 is 5.65 Å². The van der Waals surface area contributed by atoms with Crippen molar-refractivity contribution in [2.75, 3.05) is 7.11 Å². The first-order chi connectivity index (χ1) is 9.17. The highest BCUT2D eigenvalue weighted by molar-refractivity contribution is 5.65. The number of aromatic nitrogens is 4. The molecule has 0 unspecified atom stereocenters. The molecular formula is C13H12N4O2. The smallest absolute Gasteiger partial charge is 0.196 e. The van der Waals surface area contributed by atoms with Crippen molar-refractivity contribution in [3.05, 3.63) is 36.4 Å². The van der Waals surface area contributed by atoms with Crippen LogP contribution in [0.3, 0.4) is 0 Å². The van der Waals surface area contributed by atoms with Gasteiger partial charge in [0.25, 0.3) is 0 Å². The molecule has 0 radical (unpaired) electrons. The lowest BCUT2D eigenvalue weighted by molar-refractivity contribution is 0.416. The van der Waals surface area contributed by atoms with Crippen molar-refractivity contribution < 1.29 is 9.84 Å². The van der Waals surface area contributed by atoms with Crippen molar-refractivity contribution in [1.82, 2.24) is 19.6 Å². The number of pyridine rings is 1. The van der Waals surface area contributed by atoms with Gasteiger partial charge in [0.2, 0.25) is 0 Å². The molecule has 1 N–H and O–H groups in total. The maximum Gasteiger partial charge on any atom is 0.196 e. The summed E-state index contributed by atoms with van der Waals surface area (Å²) in [4.78, 5) is 8.29. The Bertz CT molecular complexity index is 751. The normalized spacial score (nSPS) is 10.8. The number of ether oxygens (including phenoxy) is 1. The van der Waals surface area contributed by atoms with E-state index in [-0.39, 0.29) is 5.75 Å². The first-order valence-corrected chi connectivity index (χ1v) is 5.73. The van der Waals surface area contributed by atoms with Gasteiger partial charge in [0.05, 0.1) is 30.9 Å². The van der Waals surface area contributed by atoms with Gasteiger partial charge < -0.3 is 9.84 Å². The van der Waals surface area contributed by atoms with E-state index < -0.39 is 0 Å². The summed E-state index contributed by atoms with van der Waals surface area (Å²) >= 11 is 0. The molecule has 3 aromatic heterocycles. The maximum absolute atomic E-state index is 9.48. The van der Waals surface area contributed by atoms with Crippen LogP contribution in [0, 0.1) is 6.92 Å². The zero-order chi connectivity index (χ0) is 13.4. The van der Waals surface area contributed by atoms with E-state index in [1.54, 1.807) is 30.0 Å². The largest absolute Gasteiger partial charge is 0.506 e. The van der Waals surface area contributed by atoms with Crippen LogP contribution in [0.25, 0.3) is 16.9 Å². The second-order valence-electron chi connectivity index (χ2n) is 4.18. The highest BCUT2D eigenvalue weighted by Crippen LogP contribution is 2.26. The van der Waals surface area contributed by atoms with Gasteiger partial charge in [0.1, 0.15) is 5.75 Å². The SMILES string of the molecule is COc1cc(-c2cncc(O)c2)nn2cc(C)nc12. The predicted molar refractivity (Wildman–Crippen MR) is 69.2 cm³/mol. The average molecular weight is 256 g/mol. The lowest BCUT2D eigenvalue weighted by Gasteiger charge is -2.06. The maximum atomic E-state index is 9.48. The van der Waals surface area contributed by atoms with Crippen LogP contribution >= 0.6 is 0 Å². The van der Waals surface area contributed by atoms with Gasteiger partial charge in [-0.15, -0.1) is 0 Å². The fraction of sp³-hybridized carbons (Fsp3) is 0.154. The molecule has 0 spiro atoms. The van der Waals surface area contributed by atoms with Gasteiger partial charge in [-0.3, -0.25) is 4.98 Å². The second-order valence-corrected chi connectivity index (χ2v) is 4.18. The lowest BCUT2D eigenvalue weighted by Crippen LogP contribution is -1.97. The number of hydrogen-bond acceptors (Lipinski definition) is 5. The van der Waals surface area contributed by atoms with Gasteiger partial charge >= 0.3 is 0 Å². The van der Waals surface area contributed by atoms with Crippen LogP contribution in [0.15, 0.2) is 30.7 Å². The average Bonchev–Trinajstić information content (AvgIpc) is 2.77. The minimum absolute atomic E-state index is 0.0974. The molecule has 0 aromatic carbocycles. The number of aromatic hydroxyl groups is 1. The third-order valence-corrected chi connectivity index (χ3v) is 2.75. The Balaban J connectivity index is 2.24. The van der Waals surface area contributed by atoms with E-state index in [1.165, 1.54) is 6.20 Å². The standard InChI is InChI=1S/C13H12N4O2/c1-8-7-17-13(15-8)12(19-2)4-11(16-17)9-3-10(18)6-14-5-9/h3-7,18H,1-2H3. The Morgan fingerprint density at radius 1 is 1.26 bits per heavy atom. The molecule has 0 saturated carbocycles. The van der Waals surface area contributed by atoms with Gasteiger partial charge in [-0.1, -0.05) is 0 Å². The minimum atomic E-state index is 0.0974. The molecule has 6 heteroatoms. The quantitative estimate of drug-likeness (QED) is 0.757. The van der Waals surface area contributed by atoms with Crippen molar-refractivity contribution in [3.63, 3.8) is 0 Å². The van der Waals surface area contributed by atoms with Crippen LogP contribution < -0.4 is 4.74 Å². The summed E-state index contributed by atoms with van der Waals surface area (Å²) in [6, 6.07) is 3.38. The summed E-state index contributed by atoms with van der Waals surface area (Å²) in [7, 11) is 1.59. The summed E-state index contributed by atoms with van der Waals surface area (Å²) in [6.07, 6.45) is 4.83. The minimum Gasteiger partial charge on any atom is -0.506 e. The van der Waals surface area contributed by atoms with Gasteiger partial charge in [-0.05, 0) is 13.0 Å². The van der Waals surface area contributed by atoms with E-state index >= 15 is 0 Å². The molecule has 6 nitrogen and oxygen atoms in total. The molecule has 96 valence electrons. The highest BCUT2D eigenvalue weighted by Gasteiger charge is 2.11. The van der Waals surface area contributed by atoms with Crippen LogP contribution in [-0.4, -0.2) is 31.8 Å². The van der Waals surface area contributed by atoms with Crippen molar-refractivity contribution in [2.24, 2.45) is 0 Å². The molecule has 0 amide bonds. The van der Waals surface area contributed by atoms with E-state index in [0.29, 0.717) is 22.7 Å². The first-order valence-electron chi connectivity index (χ1n) is 5.73. The van der Waals surface area contributed by atoms with Gasteiger partial charge in [-0.2, -0.15) is 5.10 Å². The van der Waals surface area contributed by atoms with Crippen LogP contribution in [0.1, 0.15) is 5.69 Å². The van der Waals surface area contributed by atoms with Crippen LogP contribution in [0.5, 0.6) is 11.5 Å². The molecular weight excluding hydrogens is 244 g/mol. The molecule has 0 saturated heterocycles. The Labute approximate surface area is 109 Å². The van der Waals surface area contributed by atoms with Crippen molar-refractivity contribution in [2.45, 2.75) is 6.92 Å². The van der Waals surface area contributed by atoms with Crippen LogP contribution in [0.2, 0.25) is 0 Å². The van der Waals surface area contributed by atoms with E-state index in [4.69, 9.17) is 4.74 Å². The van der Waals surface area contributed by atoms with E-state index in [9.17, 15) is 5.11 Å². The van der Waals surface area contributed by atoms with Crippen molar-refractivity contribution in [1.29, 1.82) is 0 Å². The van der Waals surface area contributed by atoms with Crippen LogP contribution in [-0.2, 0) is 0 Å². The van der Waals surface area contributed by atoms with Gasteiger partial charge in [0, 0.05) is 17.8 Å². The van der Waals surface area contributed by atoms with Gasteiger partial charge in [0.15, 0.2) is 11.4 Å². The fourth-order valence-electron chi connectivity index (χ4n) is 1.92. The zero-order valence-electron chi connectivity index (χ0n) is 10.5. The third kappa shape index (κ3) is 1.97. The zero-order valence-corrected chi connectivity index (χ0v) is 10.5. The number of imidazole rings is 1. The van der Waals surface area contributed by atoms with Crippen molar-refractivity contribution in [3.8, 4) is 22.8 Å². The summed E-state index contributed by atoms with van der Waals surface area (Å²) < 4.78 is 6.99. The summed E-state index contributed by atoms with van der Waals surface area (Å²) in [6.45, 7) is 1.89. The number of rotatable bonds is 2. The Morgan fingerprint density at radius 2 is 2.11 bits per heavy atom. The van der Waals surface area contributed by atoms with E-state index in [0.717, 1.165) is 5.69 Å². The molecule has 19 heavy (non-hydrogen) atoms. The second kappa shape index (κ2) is 4.24. The molecule has 3 rings (SSSR count). The first kappa shape index (κ1) is 11.5.